The first kappa shape index (κ1) is 15.6. The van der Waals surface area contributed by atoms with E-state index in [9.17, 15) is 4.79 Å². The van der Waals surface area contributed by atoms with Gasteiger partial charge in [0, 0.05) is 12.5 Å². The number of rotatable bonds is 4. The van der Waals surface area contributed by atoms with Crippen LogP contribution in [-0.2, 0) is 11.3 Å². The van der Waals surface area contributed by atoms with Crippen LogP contribution in [0.2, 0.25) is 0 Å². The highest BCUT2D eigenvalue weighted by Crippen LogP contribution is 2.22. The number of para-hydroxylation sites is 2. The van der Waals surface area contributed by atoms with Gasteiger partial charge in [0.25, 0.3) is 0 Å². The van der Waals surface area contributed by atoms with E-state index in [-0.39, 0.29) is 11.8 Å². The van der Waals surface area contributed by atoms with Gasteiger partial charge < -0.3 is 4.57 Å². The van der Waals surface area contributed by atoms with E-state index >= 15 is 0 Å². The summed E-state index contributed by atoms with van der Waals surface area (Å²) in [5.41, 5.74) is 1.96. The molecular formula is C18H22N4O. The molecule has 120 valence electrons. The second-order valence-electron chi connectivity index (χ2n) is 5.91. The first-order chi connectivity index (χ1) is 11.2. The van der Waals surface area contributed by atoms with Crippen molar-refractivity contribution in [2.24, 2.45) is 5.92 Å². The number of nitrogens with zero attached hydrogens (tertiary/aromatic N) is 3. The number of anilines is 1. The molecule has 1 aromatic carbocycles. The van der Waals surface area contributed by atoms with Gasteiger partial charge in [-0.3, -0.25) is 15.0 Å². The number of hydrogen-bond donors (Lipinski definition) is 1. The van der Waals surface area contributed by atoms with Crippen molar-refractivity contribution in [2.45, 2.75) is 26.3 Å². The summed E-state index contributed by atoms with van der Waals surface area (Å²) in [6, 6.07) is 7.94. The Kier molecular flexibility index (Phi) is 4.63. The van der Waals surface area contributed by atoms with Gasteiger partial charge in [-0.2, -0.15) is 0 Å². The molecule has 0 unspecified atom stereocenters. The minimum atomic E-state index is 0.0362. The summed E-state index contributed by atoms with van der Waals surface area (Å²) >= 11 is 0. The third-order valence-electron chi connectivity index (χ3n) is 4.48. The summed E-state index contributed by atoms with van der Waals surface area (Å²) in [6.45, 7) is 5.26. The Hall–Kier alpha value is -2.32. The summed E-state index contributed by atoms with van der Waals surface area (Å²) in [6.07, 6.45) is 7.04. The van der Waals surface area contributed by atoms with Gasteiger partial charge in [-0.05, 0) is 45.0 Å². The summed E-state index contributed by atoms with van der Waals surface area (Å²) in [5, 5.41) is 3.02. The van der Waals surface area contributed by atoms with E-state index in [1.807, 2.05) is 28.8 Å². The fraction of sp³-hybridized carbons (Fsp3) is 0.444. The number of likely N-dealkylation sites (tertiary alicyclic amines) is 1. The fourth-order valence-electron chi connectivity index (χ4n) is 3.19. The van der Waals surface area contributed by atoms with Crippen molar-refractivity contribution in [2.75, 3.05) is 25.0 Å². The molecule has 0 bridgehead atoms. The standard InChI is InChI=1S/C18H22N4O/c1-3-11-21-12-9-14(10-13-21)17(23)20-18-19-15-7-5-6-8-16(15)22(18)4-2/h1,5-8,14H,4,9-13H2,2H3,(H,19,20,23). The zero-order chi connectivity index (χ0) is 16.2. The van der Waals surface area contributed by atoms with Crippen molar-refractivity contribution in [1.29, 1.82) is 0 Å². The molecule has 3 rings (SSSR count). The highest BCUT2D eigenvalue weighted by molar-refractivity contribution is 5.93. The second kappa shape index (κ2) is 6.84. The Labute approximate surface area is 136 Å². The van der Waals surface area contributed by atoms with Crippen LogP contribution in [-0.4, -0.2) is 40.0 Å². The van der Waals surface area contributed by atoms with Crippen molar-refractivity contribution in [3.05, 3.63) is 24.3 Å². The van der Waals surface area contributed by atoms with Crippen molar-refractivity contribution in [3.8, 4) is 12.3 Å². The molecule has 1 aliphatic heterocycles. The number of aromatic nitrogens is 2. The lowest BCUT2D eigenvalue weighted by Crippen LogP contribution is -2.38. The van der Waals surface area contributed by atoms with Gasteiger partial charge in [0.15, 0.2) is 0 Å². The lowest BCUT2D eigenvalue weighted by Gasteiger charge is -2.29. The maximum atomic E-state index is 12.6. The van der Waals surface area contributed by atoms with Gasteiger partial charge >= 0.3 is 0 Å². The molecule has 5 nitrogen and oxygen atoms in total. The van der Waals surface area contributed by atoms with E-state index < -0.39 is 0 Å². The second-order valence-corrected chi connectivity index (χ2v) is 5.91. The zero-order valence-corrected chi connectivity index (χ0v) is 13.5. The van der Waals surface area contributed by atoms with E-state index in [0.29, 0.717) is 12.5 Å². The molecule has 5 heteroatoms. The average molecular weight is 310 g/mol. The Morgan fingerprint density at radius 3 is 2.83 bits per heavy atom. The van der Waals surface area contributed by atoms with Gasteiger partial charge in [-0.15, -0.1) is 6.42 Å². The van der Waals surface area contributed by atoms with Crippen LogP contribution < -0.4 is 5.32 Å². The molecule has 0 atom stereocenters. The van der Waals surface area contributed by atoms with E-state index in [4.69, 9.17) is 6.42 Å². The summed E-state index contributed by atoms with van der Waals surface area (Å²) in [4.78, 5) is 19.3. The number of hydrogen-bond acceptors (Lipinski definition) is 3. The molecule has 1 N–H and O–H groups in total. The third-order valence-corrected chi connectivity index (χ3v) is 4.48. The smallest absolute Gasteiger partial charge is 0.229 e. The van der Waals surface area contributed by atoms with Gasteiger partial charge in [0.1, 0.15) is 0 Å². The maximum Gasteiger partial charge on any atom is 0.229 e. The van der Waals surface area contributed by atoms with E-state index in [1.54, 1.807) is 0 Å². The van der Waals surface area contributed by atoms with Crippen molar-refractivity contribution >= 4 is 22.9 Å². The normalized spacial score (nSPS) is 16.3. The third kappa shape index (κ3) is 3.22. The molecule has 0 radical (unpaired) electrons. The number of fused-ring (bicyclic) bond motifs is 1. The number of benzene rings is 1. The summed E-state index contributed by atoms with van der Waals surface area (Å²) in [5.74, 6) is 3.41. The lowest BCUT2D eigenvalue weighted by atomic mass is 9.96. The molecule has 23 heavy (non-hydrogen) atoms. The molecule has 1 aromatic heterocycles. The largest absolute Gasteiger partial charge is 0.310 e. The molecule has 1 saturated heterocycles. The van der Waals surface area contributed by atoms with E-state index in [2.05, 4.69) is 28.0 Å². The molecule has 2 heterocycles. The summed E-state index contributed by atoms with van der Waals surface area (Å²) in [7, 11) is 0. The van der Waals surface area contributed by atoms with Gasteiger partial charge in [0.2, 0.25) is 11.9 Å². The highest BCUT2D eigenvalue weighted by Gasteiger charge is 2.25. The predicted octanol–water partition coefficient (Wildman–Crippen LogP) is 2.34. The van der Waals surface area contributed by atoms with Crippen LogP contribution in [0.15, 0.2) is 24.3 Å². The van der Waals surface area contributed by atoms with Crippen LogP contribution in [0.3, 0.4) is 0 Å². The van der Waals surface area contributed by atoms with Gasteiger partial charge in [-0.1, -0.05) is 18.1 Å². The van der Waals surface area contributed by atoms with Crippen molar-refractivity contribution in [1.82, 2.24) is 14.5 Å². The van der Waals surface area contributed by atoms with Crippen LogP contribution in [0.25, 0.3) is 11.0 Å². The monoisotopic (exact) mass is 310 g/mol. The van der Waals surface area contributed by atoms with Crippen molar-refractivity contribution < 1.29 is 4.79 Å². The van der Waals surface area contributed by atoms with Crippen LogP contribution in [0.4, 0.5) is 5.95 Å². The molecule has 1 fully saturated rings. The predicted molar refractivity (Wildman–Crippen MR) is 92.0 cm³/mol. The maximum absolute atomic E-state index is 12.6. The fourth-order valence-corrected chi connectivity index (χ4v) is 3.19. The molecular weight excluding hydrogens is 288 g/mol. The Morgan fingerprint density at radius 1 is 1.39 bits per heavy atom. The Balaban J connectivity index is 1.70. The van der Waals surface area contributed by atoms with Gasteiger partial charge in [0.05, 0.1) is 17.6 Å². The van der Waals surface area contributed by atoms with Crippen LogP contribution in [0.1, 0.15) is 19.8 Å². The Bertz CT molecular complexity index is 735. The molecule has 1 aliphatic rings. The SMILES string of the molecule is C#CCN1CCC(C(=O)Nc2nc3ccccc3n2CC)CC1. The van der Waals surface area contributed by atoms with E-state index in [1.165, 1.54) is 0 Å². The number of carbonyl (C=O) groups excluding carboxylic acids is 1. The van der Waals surface area contributed by atoms with Crippen LogP contribution >= 0.6 is 0 Å². The lowest BCUT2D eigenvalue weighted by molar-refractivity contribution is -0.121. The first-order valence-corrected chi connectivity index (χ1v) is 8.15. The molecule has 0 saturated carbocycles. The zero-order valence-electron chi connectivity index (χ0n) is 13.5. The highest BCUT2D eigenvalue weighted by atomic mass is 16.2. The number of carbonyl (C=O) groups is 1. The number of amides is 1. The van der Waals surface area contributed by atoms with E-state index in [0.717, 1.165) is 43.5 Å². The average Bonchev–Trinajstić information content (AvgIpc) is 2.92. The molecule has 2 aromatic rings. The Morgan fingerprint density at radius 2 is 2.13 bits per heavy atom. The number of aryl methyl sites for hydroxylation is 1. The molecule has 1 amide bonds. The number of nitrogens with one attached hydrogen (secondary N) is 1. The van der Waals surface area contributed by atoms with Gasteiger partial charge in [-0.25, -0.2) is 4.98 Å². The number of terminal acetylenes is 1. The topological polar surface area (TPSA) is 50.2 Å². The minimum absolute atomic E-state index is 0.0362. The number of piperidine rings is 1. The van der Waals surface area contributed by atoms with Crippen LogP contribution in [0.5, 0.6) is 0 Å². The molecule has 0 spiro atoms. The minimum Gasteiger partial charge on any atom is -0.310 e. The molecule has 0 aliphatic carbocycles. The van der Waals surface area contributed by atoms with Crippen molar-refractivity contribution in [3.63, 3.8) is 0 Å². The quantitative estimate of drug-likeness (QED) is 0.882. The van der Waals surface area contributed by atoms with Crippen LogP contribution in [0, 0.1) is 18.3 Å². The number of imidazole rings is 1. The first-order valence-electron chi connectivity index (χ1n) is 8.15. The summed E-state index contributed by atoms with van der Waals surface area (Å²) < 4.78 is 2.04.